The molecule has 0 spiro atoms. The van der Waals surface area contributed by atoms with Crippen LogP contribution in [0.15, 0.2) is 60.8 Å². The molecule has 0 unspecified atom stereocenters. The number of anilines is 2. The van der Waals surface area contributed by atoms with Gasteiger partial charge >= 0.3 is 0 Å². The Morgan fingerprint density at radius 3 is 2.33 bits per heavy atom. The highest BCUT2D eigenvalue weighted by Crippen LogP contribution is 2.23. The molecule has 0 aliphatic heterocycles. The van der Waals surface area contributed by atoms with Gasteiger partial charge in [-0.3, -0.25) is 4.79 Å². The molecule has 2 aromatic carbocycles. The second-order valence-electron chi connectivity index (χ2n) is 5.78. The SMILES string of the molecule is Cc1cc(C)cc(C(=O)c2cccnc2Nc2ccc(O)cc2)c1. The number of rotatable bonds is 4. The third kappa shape index (κ3) is 3.43. The third-order valence-electron chi connectivity index (χ3n) is 3.67. The van der Waals surface area contributed by atoms with E-state index in [0.29, 0.717) is 16.9 Å². The molecular weight excluding hydrogens is 300 g/mol. The van der Waals surface area contributed by atoms with Gasteiger partial charge in [-0.15, -0.1) is 0 Å². The van der Waals surface area contributed by atoms with Crippen LogP contribution in [0.1, 0.15) is 27.0 Å². The van der Waals surface area contributed by atoms with Crippen LogP contribution in [0.2, 0.25) is 0 Å². The standard InChI is InChI=1S/C20H18N2O2/c1-13-10-14(2)12-15(11-13)19(24)18-4-3-9-21-20(18)22-16-5-7-17(23)8-6-16/h3-12,23H,1-2H3,(H,21,22). The molecule has 4 heteroatoms. The Labute approximate surface area is 140 Å². The molecule has 120 valence electrons. The van der Waals surface area contributed by atoms with Gasteiger partial charge in [-0.25, -0.2) is 4.98 Å². The lowest BCUT2D eigenvalue weighted by Gasteiger charge is -2.11. The summed E-state index contributed by atoms with van der Waals surface area (Å²) in [7, 11) is 0. The number of aromatic hydroxyl groups is 1. The average Bonchev–Trinajstić information content (AvgIpc) is 2.56. The first-order valence-electron chi connectivity index (χ1n) is 7.67. The molecule has 4 nitrogen and oxygen atoms in total. The van der Waals surface area contributed by atoms with Crippen LogP contribution in [0.3, 0.4) is 0 Å². The summed E-state index contributed by atoms with van der Waals surface area (Å²) in [5.74, 6) is 0.608. The Balaban J connectivity index is 1.96. The molecule has 3 rings (SSSR count). The Kier molecular flexibility index (Phi) is 4.29. The van der Waals surface area contributed by atoms with Gasteiger partial charge < -0.3 is 10.4 Å². The van der Waals surface area contributed by atoms with Gasteiger partial charge in [0.05, 0.1) is 5.56 Å². The van der Waals surface area contributed by atoms with Crippen LogP contribution >= 0.6 is 0 Å². The first-order chi connectivity index (χ1) is 11.5. The van der Waals surface area contributed by atoms with Crippen molar-refractivity contribution in [2.45, 2.75) is 13.8 Å². The molecule has 3 aromatic rings. The molecule has 1 heterocycles. The van der Waals surface area contributed by atoms with E-state index in [0.717, 1.165) is 16.8 Å². The van der Waals surface area contributed by atoms with Gasteiger partial charge in [-0.2, -0.15) is 0 Å². The van der Waals surface area contributed by atoms with Crippen molar-refractivity contribution in [3.8, 4) is 5.75 Å². The summed E-state index contributed by atoms with van der Waals surface area (Å²) >= 11 is 0. The fourth-order valence-corrected chi connectivity index (χ4v) is 2.63. The van der Waals surface area contributed by atoms with E-state index in [4.69, 9.17) is 0 Å². The number of carbonyl (C=O) groups is 1. The zero-order valence-electron chi connectivity index (χ0n) is 13.6. The van der Waals surface area contributed by atoms with E-state index < -0.39 is 0 Å². The Hall–Kier alpha value is -3.14. The predicted octanol–water partition coefficient (Wildman–Crippen LogP) is 4.38. The first kappa shape index (κ1) is 15.7. The van der Waals surface area contributed by atoms with E-state index in [9.17, 15) is 9.90 Å². The number of benzene rings is 2. The number of aromatic nitrogens is 1. The van der Waals surface area contributed by atoms with E-state index in [1.165, 1.54) is 0 Å². The topological polar surface area (TPSA) is 62.2 Å². The van der Waals surface area contributed by atoms with E-state index in [2.05, 4.69) is 10.3 Å². The second-order valence-corrected chi connectivity index (χ2v) is 5.78. The fraction of sp³-hybridized carbons (Fsp3) is 0.100. The minimum Gasteiger partial charge on any atom is -0.508 e. The minimum atomic E-state index is -0.0730. The maximum absolute atomic E-state index is 12.9. The molecule has 0 aliphatic rings. The second kappa shape index (κ2) is 6.54. The summed E-state index contributed by atoms with van der Waals surface area (Å²) in [5, 5.41) is 12.5. The molecule has 0 saturated carbocycles. The van der Waals surface area contributed by atoms with Crippen molar-refractivity contribution >= 4 is 17.3 Å². The van der Waals surface area contributed by atoms with Crippen molar-refractivity contribution in [1.82, 2.24) is 4.98 Å². The van der Waals surface area contributed by atoms with E-state index in [-0.39, 0.29) is 11.5 Å². The molecule has 0 aliphatic carbocycles. The van der Waals surface area contributed by atoms with Crippen molar-refractivity contribution in [3.63, 3.8) is 0 Å². The third-order valence-corrected chi connectivity index (χ3v) is 3.67. The summed E-state index contributed by atoms with van der Waals surface area (Å²) in [5.41, 5.74) is 4.01. The van der Waals surface area contributed by atoms with Crippen molar-refractivity contribution in [2.24, 2.45) is 0 Å². The van der Waals surface area contributed by atoms with E-state index >= 15 is 0 Å². The molecule has 0 amide bonds. The highest BCUT2D eigenvalue weighted by atomic mass is 16.3. The number of carbonyl (C=O) groups excluding carboxylic acids is 1. The number of pyridine rings is 1. The monoisotopic (exact) mass is 318 g/mol. The number of nitrogens with one attached hydrogen (secondary N) is 1. The Bertz CT molecular complexity index is 866. The summed E-state index contributed by atoms with van der Waals surface area (Å²) in [6, 6.07) is 15.9. The lowest BCUT2D eigenvalue weighted by molar-refractivity contribution is 0.103. The largest absolute Gasteiger partial charge is 0.508 e. The fourth-order valence-electron chi connectivity index (χ4n) is 2.63. The molecule has 24 heavy (non-hydrogen) atoms. The van der Waals surface area contributed by atoms with Gasteiger partial charge in [-0.1, -0.05) is 17.2 Å². The number of ketones is 1. The number of hydrogen-bond donors (Lipinski definition) is 2. The van der Waals surface area contributed by atoms with Gasteiger partial charge in [0.15, 0.2) is 5.78 Å². The van der Waals surface area contributed by atoms with Crippen molar-refractivity contribution < 1.29 is 9.90 Å². The summed E-state index contributed by atoms with van der Waals surface area (Å²) < 4.78 is 0. The zero-order valence-corrected chi connectivity index (χ0v) is 13.6. The molecule has 1 aromatic heterocycles. The van der Waals surface area contributed by atoms with Gasteiger partial charge in [0, 0.05) is 17.4 Å². The maximum Gasteiger partial charge on any atom is 0.196 e. The quantitative estimate of drug-likeness (QED) is 0.553. The smallest absolute Gasteiger partial charge is 0.196 e. The van der Waals surface area contributed by atoms with Crippen molar-refractivity contribution in [1.29, 1.82) is 0 Å². The van der Waals surface area contributed by atoms with Gasteiger partial charge in [0.1, 0.15) is 11.6 Å². The Morgan fingerprint density at radius 2 is 1.67 bits per heavy atom. The lowest BCUT2D eigenvalue weighted by Crippen LogP contribution is -2.07. The predicted molar refractivity (Wildman–Crippen MR) is 95.0 cm³/mol. The summed E-state index contributed by atoms with van der Waals surface area (Å²) in [4.78, 5) is 17.2. The molecule has 0 fully saturated rings. The van der Waals surface area contributed by atoms with Gasteiger partial charge in [-0.05, 0) is 62.4 Å². The van der Waals surface area contributed by atoms with Crippen LogP contribution < -0.4 is 5.32 Å². The van der Waals surface area contributed by atoms with Gasteiger partial charge in [0.2, 0.25) is 0 Å². The lowest BCUT2D eigenvalue weighted by atomic mass is 10.00. The molecule has 0 radical (unpaired) electrons. The van der Waals surface area contributed by atoms with Crippen LogP contribution in [-0.2, 0) is 0 Å². The highest BCUT2D eigenvalue weighted by Gasteiger charge is 2.15. The molecule has 0 saturated heterocycles. The van der Waals surface area contributed by atoms with Crippen LogP contribution in [-0.4, -0.2) is 15.9 Å². The van der Waals surface area contributed by atoms with Crippen LogP contribution in [0.4, 0.5) is 11.5 Å². The maximum atomic E-state index is 12.9. The summed E-state index contributed by atoms with van der Waals surface area (Å²) in [6.45, 7) is 3.95. The molecule has 0 atom stereocenters. The van der Waals surface area contributed by atoms with Crippen molar-refractivity contribution in [3.05, 3.63) is 83.0 Å². The van der Waals surface area contributed by atoms with Crippen LogP contribution in [0.25, 0.3) is 0 Å². The Morgan fingerprint density at radius 1 is 1.00 bits per heavy atom. The number of phenolic OH excluding ortho intramolecular Hbond substituents is 1. The van der Waals surface area contributed by atoms with Gasteiger partial charge in [0.25, 0.3) is 0 Å². The average molecular weight is 318 g/mol. The first-order valence-corrected chi connectivity index (χ1v) is 7.67. The number of hydrogen-bond acceptors (Lipinski definition) is 4. The number of aryl methyl sites for hydroxylation is 2. The highest BCUT2D eigenvalue weighted by molar-refractivity contribution is 6.12. The minimum absolute atomic E-state index is 0.0730. The molecular formula is C20H18N2O2. The molecule has 2 N–H and O–H groups in total. The van der Waals surface area contributed by atoms with E-state index in [1.54, 1.807) is 42.6 Å². The summed E-state index contributed by atoms with van der Waals surface area (Å²) in [6.07, 6.45) is 1.64. The normalized spacial score (nSPS) is 10.4. The number of nitrogens with zero attached hydrogens (tertiary/aromatic N) is 1. The van der Waals surface area contributed by atoms with Crippen LogP contribution in [0, 0.1) is 13.8 Å². The van der Waals surface area contributed by atoms with Crippen LogP contribution in [0.5, 0.6) is 5.75 Å². The van der Waals surface area contributed by atoms with Crippen molar-refractivity contribution in [2.75, 3.05) is 5.32 Å². The zero-order chi connectivity index (χ0) is 17.1. The van der Waals surface area contributed by atoms with E-state index in [1.807, 2.05) is 32.0 Å². The molecule has 0 bridgehead atoms. The number of phenols is 1.